The molecule has 66 heavy (non-hydrogen) atoms. The summed E-state index contributed by atoms with van der Waals surface area (Å²) in [6.07, 6.45) is 3.01. The maximum Gasteiger partial charge on any atom is 0.155 e. The fraction of sp³-hybridized carbons (Fsp3) is 0.169. The van der Waals surface area contributed by atoms with E-state index in [1.54, 1.807) is 0 Å². The minimum absolute atomic E-state index is 0. The SMILES string of the molecule is CC(=O)C=C(C)O.CC(C)(C)c1ccc(N(c2c[c-]c(-c3nc4ccccc4c4ccccc34)cc2)c2ccc(C(C)(C)C)cc2)cc1.[Ir].[Ir].[c-]1ccccc1-c1nccc2ccccc12. The molecule has 338 valence electrons. The fourth-order valence-electron chi connectivity index (χ4n) is 7.65. The Bertz CT molecular complexity index is 2980. The van der Waals surface area contributed by atoms with E-state index in [1.165, 1.54) is 52.6 Å². The van der Waals surface area contributed by atoms with Gasteiger partial charge in [0.2, 0.25) is 0 Å². The molecule has 1 N–H and O–H groups in total. The monoisotopic (exact) mass is 1220 g/mol. The van der Waals surface area contributed by atoms with Gasteiger partial charge in [-0.3, -0.25) is 9.78 Å². The van der Waals surface area contributed by atoms with Gasteiger partial charge in [-0.25, -0.2) is 0 Å². The first kappa shape index (κ1) is 50.9. The van der Waals surface area contributed by atoms with Gasteiger partial charge in [0.1, 0.15) is 0 Å². The van der Waals surface area contributed by atoms with E-state index in [0.717, 1.165) is 50.5 Å². The van der Waals surface area contributed by atoms with E-state index in [0.29, 0.717) is 0 Å². The summed E-state index contributed by atoms with van der Waals surface area (Å²) in [4.78, 5) is 21.9. The van der Waals surface area contributed by atoms with Gasteiger partial charge in [-0.2, -0.15) is 0 Å². The summed E-state index contributed by atoms with van der Waals surface area (Å²) < 4.78 is 0. The van der Waals surface area contributed by atoms with Gasteiger partial charge in [0, 0.05) is 69.2 Å². The van der Waals surface area contributed by atoms with Crippen molar-refractivity contribution in [3.63, 3.8) is 0 Å². The Morgan fingerprint density at radius 2 is 1.06 bits per heavy atom. The van der Waals surface area contributed by atoms with Crippen molar-refractivity contribution in [1.29, 1.82) is 0 Å². The quantitative estimate of drug-likeness (QED) is 0.0778. The van der Waals surface area contributed by atoms with Crippen LogP contribution in [0.15, 0.2) is 188 Å². The van der Waals surface area contributed by atoms with Crippen LogP contribution in [0.3, 0.4) is 0 Å². The molecule has 2 aromatic heterocycles. The van der Waals surface area contributed by atoms with Gasteiger partial charge < -0.3 is 15.0 Å². The molecule has 0 saturated carbocycles. The zero-order valence-electron chi connectivity index (χ0n) is 38.7. The van der Waals surface area contributed by atoms with Crippen LogP contribution >= 0.6 is 0 Å². The van der Waals surface area contributed by atoms with E-state index in [1.807, 2.05) is 48.7 Å². The minimum Gasteiger partial charge on any atom is -0.512 e. The van der Waals surface area contributed by atoms with Crippen LogP contribution in [0.2, 0.25) is 0 Å². The number of nitrogens with zero attached hydrogens (tertiary/aromatic N) is 3. The molecule has 2 heterocycles. The first-order chi connectivity index (χ1) is 30.7. The van der Waals surface area contributed by atoms with E-state index in [2.05, 4.69) is 191 Å². The summed E-state index contributed by atoms with van der Waals surface area (Å²) in [5.41, 5.74) is 11.1. The number of aliphatic hydroxyl groups is 1. The first-order valence-electron chi connectivity index (χ1n) is 21.7. The second-order valence-electron chi connectivity index (χ2n) is 18.0. The Kier molecular flexibility index (Phi) is 17.3. The molecule has 7 heteroatoms. The number of hydrogen-bond donors (Lipinski definition) is 1. The number of rotatable bonds is 6. The van der Waals surface area contributed by atoms with Crippen molar-refractivity contribution >= 4 is 55.3 Å². The average Bonchev–Trinajstić information content (AvgIpc) is 3.29. The van der Waals surface area contributed by atoms with Crippen molar-refractivity contribution in [2.24, 2.45) is 0 Å². The molecule has 0 bridgehead atoms. The molecular formula is C59H55Ir2N3O2-2. The molecule has 0 amide bonds. The number of ketones is 1. The van der Waals surface area contributed by atoms with E-state index >= 15 is 0 Å². The van der Waals surface area contributed by atoms with E-state index in [9.17, 15) is 4.79 Å². The molecule has 2 radical (unpaired) electrons. The number of carbonyl (C=O) groups is 1. The van der Waals surface area contributed by atoms with Crippen LogP contribution in [0.1, 0.15) is 66.5 Å². The normalized spacial score (nSPS) is 11.3. The number of aliphatic hydroxyl groups excluding tert-OH is 1. The van der Waals surface area contributed by atoms with Gasteiger partial charge in [0.15, 0.2) is 5.78 Å². The van der Waals surface area contributed by atoms with Gasteiger partial charge in [-0.15, -0.1) is 65.7 Å². The minimum atomic E-state index is -0.125. The molecule has 9 rings (SSSR count). The molecule has 0 aliphatic heterocycles. The fourth-order valence-corrected chi connectivity index (χ4v) is 7.65. The predicted octanol–water partition coefficient (Wildman–Crippen LogP) is 15.7. The Balaban J connectivity index is 0.000000269. The summed E-state index contributed by atoms with van der Waals surface area (Å²) in [5, 5.41) is 14.3. The third kappa shape index (κ3) is 12.4. The summed E-state index contributed by atoms with van der Waals surface area (Å²) in [5.74, 6) is -0.0625. The largest absolute Gasteiger partial charge is 0.512 e. The van der Waals surface area contributed by atoms with Crippen molar-refractivity contribution in [3.8, 4) is 22.5 Å². The van der Waals surface area contributed by atoms with Crippen LogP contribution in [-0.4, -0.2) is 20.9 Å². The number of fused-ring (bicyclic) bond motifs is 4. The van der Waals surface area contributed by atoms with E-state index < -0.39 is 0 Å². The Morgan fingerprint density at radius 3 is 1.58 bits per heavy atom. The standard InChI is InChI=1S/C39H37N2.C15H10N.C5H8O2.2Ir/c1-38(2,3)28-17-23-31(24-18-28)41(32-25-19-29(20-26-32)39(4,5)6)30-21-15-27(16-22-30)37-35-13-8-7-11-33(35)34-12-9-10-14-36(34)40-37;1-2-7-13(8-3-1)15-14-9-5-4-6-12(14)10-11-16-15;1-4(6)3-5(2)7;;/h7-15,17-26H,1-6H3;1-7,9-11H;3,6H,1-2H3;;/q2*-1;;;. The van der Waals surface area contributed by atoms with Crippen molar-refractivity contribution in [3.05, 3.63) is 211 Å². The number of benzene rings is 7. The first-order valence-corrected chi connectivity index (χ1v) is 21.7. The number of hydrogen-bond acceptors (Lipinski definition) is 5. The molecule has 0 aliphatic rings. The van der Waals surface area contributed by atoms with Gasteiger partial charge in [-0.05, 0) is 111 Å². The van der Waals surface area contributed by atoms with Crippen LogP contribution in [0.25, 0.3) is 55.0 Å². The number of anilines is 3. The van der Waals surface area contributed by atoms with E-state index in [4.69, 9.17) is 10.1 Å². The van der Waals surface area contributed by atoms with Crippen LogP contribution in [0, 0.1) is 12.1 Å². The van der Waals surface area contributed by atoms with Crippen LogP contribution < -0.4 is 4.90 Å². The Hall–Kier alpha value is -6.07. The number of allylic oxidation sites excluding steroid dienone is 2. The second-order valence-corrected chi connectivity index (χ2v) is 18.0. The number of pyridine rings is 2. The molecule has 0 aliphatic carbocycles. The summed E-state index contributed by atoms with van der Waals surface area (Å²) in [7, 11) is 0. The maximum absolute atomic E-state index is 10.0. The number of carbonyl (C=O) groups excluding carboxylic acids is 1. The van der Waals surface area contributed by atoms with E-state index in [-0.39, 0.29) is 62.6 Å². The molecule has 9 aromatic rings. The summed E-state index contributed by atoms with van der Waals surface area (Å²) in [6, 6.07) is 66.2. The predicted molar refractivity (Wildman–Crippen MR) is 269 cm³/mol. The number of para-hydroxylation sites is 1. The Labute approximate surface area is 417 Å². The molecule has 5 nitrogen and oxygen atoms in total. The maximum atomic E-state index is 10.0. The number of aromatic nitrogens is 2. The van der Waals surface area contributed by atoms with Crippen LogP contribution in [-0.2, 0) is 55.8 Å². The molecule has 0 atom stereocenters. The zero-order chi connectivity index (χ0) is 45.4. The van der Waals surface area contributed by atoms with Crippen molar-refractivity contribution < 1.29 is 50.1 Å². The summed E-state index contributed by atoms with van der Waals surface area (Å²) >= 11 is 0. The molecular weight excluding hydrogens is 1170 g/mol. The van der Waals surface area contributed by atoms with Gasteiger partial charge in [-0.1, -0.05) is 133 Å². The average molecular weight is 1220 g/mol. The smallest absolute Gasteiger partial charge is 0.155 e. The van der Waals surface area contributed by atoms with Gasteiger partial charge in [0.25, 0.3) is 0 Å². The van der Waals surface area contributed by atoms with Crippen LogP contribution in [0.4, 0.5) is 17.1 Å². The van der Waals surface area contributed by atoms with Crippen LogP contribution in [0.5, 0.6) is 0 Å². The van der Waals surface area contributed by atoms with Crippen molar-refractivity contribution in [2.45, 2.75) is 66.2 Å². The molecule has 0 unspecified atom stereocenters. The van der Waals surface area contributed by atoms with Gasteiger partial charge in [0.05, 0.1) is 11.3 Å². The molecule has 0 fully saturated rings. The topological polar surface area (TPSA) is 66.3 Å². The second kappa shape index (κ2) is 22.4. The van der Waals surface area contributed by atoms with Crippen molar-refractivity contribution in [1.82, 2.24) is 9.97 Å². The Morgan fingerprint density at radius 1 is 0.545 bits per heavy atom. The summed E-state index contributed by atoms with van der Waals surface area (Å²) in [6.45, 7) is 16.4. The van der Waals surface area contributed by atoms with Crippen molar-refractivity contribution in [2.75, 3.05) is 4.90 Å². The molecule has 0 spiro atoms. The third-order valence-electron chi connectivity index (χ3n) is 11.0. The molecule has 0 saturated heterocycles. The molecule has 7 aromatic carbocycles. The third-order valence-corrected chi connectivity index (χ3v) is 11.0. The zero-order valence-corrected chi connectivity index (χ0v) is 43.5. The van der Waals surface area contributed by atoms with Gasteiger partial charge >= 0.3 is 0 Å².